The summed E-state index contributed by atoms with van der Waals surface area (Å²) in [4.78, 5) is 0. The first-order valence-corrected chi connectivity index (χ1v) is 7.29. The molecule has 19 heavy (non-hydrogen) atoms. The van der Waals surface area contributed by atoms with Gasteiger partial charge in [-0.15, -0.1) is 0 Å². The molecule has 0 aliphatic heterocycles. The Kier molecular flexibility index (Phi) is 3.87. The number of rotatable bonds is 5. The summed E-state index contributed by atoms with van der Waals surface area (Å²) >= 11 is 0. The summed E-state index contributed by atoms with van der Waals surface area (Å²) in [6.07, 6.45) is 3.84. The molecule has 0 bridgehead atoms. The van der Waals surface area contributed by atoms with E-state index < -0.39 is 0 Å². The topological polar surface area (TPSA) is 30.5 Å². The van der Waals surface area contributed by atoms with Gasteiger partial charge < -0.3 is 14.8 Å². The lowest BCUT2D eigenvalue weighted by Crippen LogP contribution is -2.61. The fourth-order valence-electron chi connectivity index (χ4n) is 3.42. The van der Waals surface area contributed by atoms with Crippen LogP contribution >= 0.6 is 0 Å². The molecule has 1 N–H and O–H groups in total. The molecule has 0 radical (unpaired) electrons. The SMILES string of the molecule is CCOC1CC(NC2Cc3ccccc3C2)C1OC. The van der Waals surface area contributed by atoms with Crippen molar-refractivity contribution in [3.63, 3.8) is 0 Å². The molecule has 3 unspecified atom stereocenters. The van der Waals surface area contributed by atoms with Gasteiger partial charge in [-0.3, -0.25) is 0 Å². The number of hydrogen-bond acceptors (Lipinski definition) is 3. The third-order valence-corrected chi connectivity index (χ3v) is 4.40. The molecule has 0 amide bonds. The molecular weight excluding hydrogens is 238 g/mol. The first-order valence-electron chi connectivity index (χ1n) is 7.29. The van der Waals surface area contributed by atoms with Crippen LogP contribution in [0.15, 0.2) is 24.3 Å². The van der Waals surface area contributed by atoms with Crippen LogP contribution in [-0.4, -0.2) is 38.0 Å². The smallest absolute Gasteiger partial charge is 0.0986 e. The minimum atomic E-state index is 0.212. The number of ether oxygens (including phenoxy) is 2. The Balaban J connectivity index is 1.54. The van der Waals surface area contributed by atoms with Crippen molar-refractivity contribution in [2.75, 3.05) is 13.7 Å². The van der Waals surface area contributed by atoms with Crippen LogP contribution in [-0.2, 0) is 22.3 Å². The van der Waals surface area contributed by atoms with Crippen molar-refractivity contribution in [2.45, 2.75) is 50.5 Å². The van der Waals surface area contributed by atoms with E-state index >= 15 is 0 Å². The van der Waals surface area contributed by atoms with Crippen LogP contribution in [0.4, 0.5) is 0 Å². The zero-order chi connectivity index (χ0) is 13.2. The molecule has 0 saturated heterocycles. The maximum Gasteiger partial charge on any atom is 0.0986 e. The van der Waals surface area contributed by atoms with Gasteiger partial charge in [0, 0.05) is 25.8 Å². The van der Waals surface area contributed by atoms with Crippen molar-refractivity contribution < 1.29 is 9.47 Å². The van der Waals surface area contributed by atoms with Gasteiger partial charge in [-0.2, -0.15) is 0 Å². The van der Waals surface area contributed by atoms with Crippen LogP contribution in [0.2, 0.25) is 0 Å². The maximum absolute atomic E-state index is 5.67. The lowest BCUT2D eigenvalue weighted by molar-refractivity contribution is -0.133. The van der Waals surface area contributed by atoms with Crippen molar-refractivity contribution in [1.29, 1.82) is 0 Å². The van der Waals surface area contributed by atoms with Gasteiger partial charge in [-0.25, -0.2) is 0 Å². The van der Waals surface area contributed by atoms with Crippen molar-refractivity contribution in [1.82, 2.24) is 5.32 Å². The zero-order valence-electron chi connectivity index (χ0n) is 11.8. The highest BCUT2D eigenvalue weighted by atomic mass is 16.5. The Morgan fingerprint density at radius 3 is 2.47 bits per heavy atom. The molecule has 1 saturated carbocycles. The number of benzene rings is 1. The minimum absolute atomic E-state index is 0.212. The largest absolute Gasteiger partial charge is 0.377 e. The second-order valence-electron chi connectivity index (χ2n) is 5.58. The minimum Gasteiger partial charge on any atom is -0.377 e. The molecule has 104 valence electrons. The lowest BCUT2D eigenvalue weighted by Gasteiger charge is -2.44. The number of nitrogens with one attached hydrogen (secondary N) is 1. The summed E-state index contributed by atoms with van der Waals surface area (Å²) in [6.45, 7) is 2.81. The summed E-state index contributed by atoms with van der Waals surface area (Å²) < 4.78 is 11.2. The normalized spacial score (nSPS) is 30.1. The number of fused-ring (bicyclic) bond motifs is 1. The maximum atomic E-state index is 5.67. The van der Waals surface area contributed by atoms with Gasteiger partial charge in [-0.05, 0) is 37.3 Å². The summed E-state index contributed by atoms with van der Waals surface area (Å²) in [5.41, 5.74) is 2.99. The first kappa shape index (κ1) is 13.1. The predicted octanol–water partition coefficient (Wildman–Crippen LogP) is 1.94. The molecule has 0 spiro atoms. The highest BCUT2D eigenvalue weighted by Crippen LogP contribution is 2.29. The summed E-state index contributed by atoms with van der Waals surface area (Å²) in [7, 11) is 1.79. The average molecular weight is 261 g/mol. The summed E-state index contributed by atoms with van der Waals surface area (Å²) in [6, 6.07) is 9.76. The van der Waals surface area contributed by atoms with Gasteiger partial charge in [0.25, 0.3) is 0 Å². The number of methoxy groups -OCH3 is 1. The van der Waals surface area contributed by atoms with E-state index in [1.807, 2.05) is 6.92 Å². The van der Waals surface area contributed by atoms with Crippen molar-refractivity contribution in [3.05, 3.63) is 35.4 Å². The second-order valence-corrected chi connectivity index (χ2v) is 5.58. The lowest BCUT2D eigenvalue weighted by atomic mass is 9.84. The standard InChI is InChI=1S/C16H23NO2/c1-3-19-15-10-14(16(15)18-2)17-13-8-11-6-4-5-7-12(11)9-13/h4-7,13-17H,3,8-10H2,1-2H3. The number of hydrogen-bond donors (Lipinski definition) is 1. The van der Waals surface area contributed by atoms with Gasteiger partial charge in [-0.1, -0.05) is 24.3 Å². The second kappa shape index (κ2) is 5.61. The summed E-state index contributed by atoms with van der Waals surface area (Å²) in [5, 5.41) is 3.75. The van der Waals surface area contributed by atoms with Crippen LogP contribution in [0, 0.1) is 0 Å². The molecule has 3 nitrogen and oxygen atoms in total. The molecule has 1 aromatic rings. The van der Waals surface area contributed by atoms with Gasteiger partial charge in [0.15, 0.2) is 0 Å². The van der Waals surface area contributed by atoms with E-state index in [1.165, 1.54) is 11.1 Å². The Labute approximate surface area is 115 Å². The van der Waals surface area contributed by atoms with Gasteiger partial charge in [0.2, 0.25) is 0 Å². The Bertz CT molecular complexity index is 410. The van der Waals surface area contributed by atoms with Crippen LogP contribution < -0.4 is 5.32 Å². The fraction of sp³-hybridized carbons (Fsp3) is 0.625. The zero-order valence-corrected chi connectivity index (χ0v) is 11.8. The third kappa shape index (κ3) is 2.55. The van der Waals surface area contributed by atoms with Crippen molar-refractivity contribution in [3.8, 4) is 0 Å². The van der Waals surface area contributed by atoms with Crippen LogP contribution in [0.25, 0.3) is 0 Å². The quantitative estimate of drug-likeness (QED) is 0.878. The molecule has 2 aliphatic rings. The molecule has 3 rings (SSSR count). The van der Waals surface area contributed by atoms with Crippen molar-refractivity contribution >= 4 is 0 Å². The fourth-order valence-corrected chi connectivity index (χ4v) is 3.42. The molecule has 0 aromatic heterocycles. The van der Waals surface area contributed by atoms with E-state index in [9.17, 15) is 0 Å². The molecule has 1 aromatic carbocycles. The van der Waals surface area contributed by atoms with E-state index in [-0.39, 0.29) is 12.2 Å². The van der Waals surface area contributed by atoms with Crippen LogP contribution in [0.5, 0.6) is 0 Å². The Morgan fingerprint density at radius 1 is 1.21 bits per heavy atom. The highest BCUT2D eigenvalue weighted by Gasteiger charge is 2.43. The van der Waals surface area contributed by atoms with E-state index in [0.717, 1.165) is 25.9 Å². The van der Waals surface area contributed by atoms with Gasteiger partial charge in [0.05, 0.1) is 12.2 Å². The molecule has 3 heteroatoms. The highest BCUT2D eigenvalue weighted by molar-refractivity contribution is 5.33. The Morgan fingerprint density at radius 2 is 1.89 bits per heavy atom. The van der Waals surface area contributed by atoms with Crippen LogP contribution in [0.1, 0.15) is 24.5 Å². The average Bonchev–Trinajstić information content (AvgIpc) is 2.80. The van der Waals surface area contributed by atoms with E-state index in [4.69, 9.17) is 9.47 Å². The monoisotopic (exact) mass is 261 g/mol. The Hall–Kier alpha value is -0.900. The van der Waals surface area contributed by atoms with E-state index in [2.05, 4.69) is 29.6 Å². The first-order chi connectivity index (χ1) is 9.31. The molecule has 2 aliphatic carbocycles. The third-order valence-electron chi connectivity index (χ3n) is 4.40. The molecule has 3 atom stereocenters. The molecule has 0 heterocycles. The van der Waals surface area contributed by atoms with E-state index in [0.29, 0.717) is 12.1 Å². The molecular formula is C16H23NO2. The van der Waals surface area contributed by atoms with Gasteiger partial charge in [0.1, 0.15) is 0 Å². The predicted molar refractivity (Wildman–Crippen MR) is 75.4 cm³/mol. The van der Waals surface area contributed by atoms with E-state index in [1.54, 1.807) is 7.11 Å². The summed E-state index contributed by atoms with van der Waals surface area (Å²) in [5.74, 6) is 0. The molecule has 1 fully saturated rings. The van der Waals surface area contributed by atoms with Crippen molar-refractivity contribution in [2.24, 2.45) is 0 Å². The van der Waals surface area contributed by atoms with Gasteiger partial charge >= 0.3 is 0 Å². The van der Waals surface area contributed by atoms with Crippen LogP contribution in [0.3, 0.4) is 0 Å².